The van der Waals surface area contributed by atoms with Crippen LogP contribution in [-0.2, 0) is 21.1 Å². The number of fused-ring (bicyclic) bond motifs is 2. The summed E-state index contributed by atoms with van der Waals surface area (Å²) >= 11 is 0. The van der Waals surface area contributed by atoms with Gasteiger partial charge in [-0.1, -0.05) is 103 Å². The van der Waals surface area contributed by atoms with Crippen LogP contribution >= 0.6 is 0 Å². The Morgan fingerprint density at radius 2 is 1.29 bits per heavy atom. The smallest absolute Gasteiger partial charge is 0.144 e. The molecule has 5 heteroatoms. The summed E-state index contributed by atoms with van der Waals surface area (Å²) in [5.41, 5.74) is 8.82. The van der Waals surface area contributed by atoms with Gasteiger partial charge < -0.3 is 10.0 Å². The first-order valence-corrected chi connectivity index (χ1v) is 16.1. The van der Waals surface area contributed by atoms with E-state index >= 15 is 0 Å². The van der Waals surface area contributed by atoms with Crippen molar-refractivity contribution in [3.63, 3.8) is 0 Å². The summed E-state index contributed by atoms with van der Waals surface area (Å²) in [6.45, 7) is 3.96. The Morgan fingerprint density at radius 3 is 2.10 bits per heavy atom. The van der Waals surface area contributed by atoms with Crippen molar-refractivity contribution >= 4 is 38.7 Å². The molecule has 0 radical (unpaired) electrons. The number of rotatable bonds is 6. The molecule has 6 aromatic carbocycles. The van der Waals surface area contributed by atoms with Gasteiger partial charge in [0.2, 0.25) is 0 Å². The Kier molecular flexibility index (Phi) is 8.82. The summed E-state index contributed by atoms with van der Waals surface area (Å²) in [5, 5.41) is 15.6. The first kappa shape index (κ1) is 32.0. The molecular formula is C44H32N3OPt-. The van der Waals surface area contributed by atoms with Gasteiger partial charge in [-0.3, -0.25) is 4.98 Å². The number of hydrogen-bond acceptors (Lipinski definition) is 4. The Morgan fingerprint density at radius 1 is 0.612 bits per heavy atom. The zero-order chi connectivity index (χ0) is 32.6. The molecule has 0 spiro atoms. The quantitative estimate of drug-likeness (QED) is 0.170. The van der Waals surface area contributed by atoms with E-state index < -0.39 is 0 Å². The van der Waals surface area contributed by atoms with Crippen molar-refractivity contribution in [3.05, 3.63) is 169 Å². The van der Waals surface area contributed by atoms with Gasteiger partial charge in [-0.15, -0.1) is 29.8 Å². The number of pyridine rings is 2. The van der Waals surface area contributed by atoms with Crippen LogP contribution in [0.15, 0.2) is 152 Å². The molecule has 240 valence electrons. The molecule has 4 nitrogen and oxygen atoms in total. The fraction of sp³-hybridized carbons (Fsp3) is 0.0455. The average molecular weight is 814 g/mol. The maximum atomic E-state index is 11.2. The normalized spacial score (nSPS) is 11.0. The minimum absolute atomic E-state index is 0. The van der Waals surface area contributed by atoms with Crippen LogP contribution in [0.2, 0.25) is 0 Å². The SMILES string of the molecule is Cc1cc(C)c(O)c(-c2cc(-c3ccccc3)cc(-c3[c-]c(N(c4cccc5ccccc45)c4nccc5ccccc45)ccc3)n2)c1.[Pt]. The van der Waals surface area contributed by atoms with E-state index in [0.29, 0.717) is 11.3 Å². The van der Waals surface area contributed by atoms with Crippen LogP contribution in [0.4, 0.5) is 17.2 Å². The third-order valence-electron chi connectivity index (χ3n) is 8.82. The van der Waals surface area contributed by atoms with E-state index in [-0.39, 0.29) is 26.8 Å². The van der Waals surface area contributed by atoms with E-state index in [2.05, 4.69) is 114 Å². The second-order valence-electron chi connectivity index (χ2n) is 12.1. The molecule has 0 aliphatic heterocycles. The van der Waals surface area contributed by atoms with Gasteiger partial charge in [0, 0.05) is 43.6 Å². The van der Waals surface area contributed by atoms with Gasteiger partial charge in [0.15, 0.2) is 0 Å². The number of aromatic hydroxyl groups is 1. The maximum Gasteiger partial charge on any atom is 0.144 e. The molecule has 0 unspecified atom stereocenters. The van der Waals surface area contributed by atoms with E-state index in [0.717, 1.165) is 72.2 Å². The van der Waals surface area contributed by atoms with Crippen LogP contribution < -0.4 is 4.90 Å². The molecule has 0 amide bonds. The van der Waals surface area contributed by atoms with Crippen LogP contribution in [0.1, 0.15) is 11.1 Å². The number of aryl methyl sites for hydroxylation is 2. The molecule has 49 heavy (non-hydrogen) atoms. The number of aromatic nitrogens is 2. The first-order chi connectivity index (χ1) is 23.5. The van der Waals surface area contributed by atoms with E-state index in [1.807, 2.05) is 62.5 Å². The summed E-state index contributed by atoms with van der Waals surface area (Å²) < 4.78 is 0. The van der Waals surface area contributed by atoms with Gasteiger partial charge in [0.05, 0.1) is 11.4 Å². The maximum absolute atomic E-state index is 11.2. The summed E-state index contributed by atoms with van der Waals surface area (Å²) in [6.07, 6.45) is 1.87. The Bertz CT molecular complexity index is 2370. The van der Waals surface area contributed by atoms with E-state index in [4.69, 9.17) is 9.97 Å². The Labute approximate surface area is 300 Å². The third-order valence-corrected chi connectivity index (χ3v) is 8.82. The van der Waals surface area contributed by atoms with Gasteiger partial charge in [-0.25, -0.2) is 4.98 Å². The largest absolute Gasteiger partial charge is 0.507 e. The van der Waals surface area contributed by atoms with E-state index in [1.165, 1.54) is 0 Å². The van der Waals surface area contributed by atoms with Gasteiger partial charge in [0.1, 0.15) is 11.6 Å². The molecule has 0 saturated carbocycles. The topological polar surface area (TPSA) is 49.2 Å². The third kappa shape index (κ3) is 6.12. The standard InChI is InChI=1S/C44H32N3O.Pt/c1-29-24-30(2)43(48)39(25-29)41-28-35(31-12-4-3-5-13-31)27-40(46-41)34-17-10-18-36(26-34)47(42-21-11-16-32-14-6-8-19-37(32)42)44-38-20-9-7-15-33(38)22-23-45-44;/h3-25,27-28,48H,1-2H3;/q-1;. The molecule has 8 aromatic rings. The monoisotopic (exact) mass is 813 g/mol. The van der Waals surface area contributed by atoms with Crippen molar-refractivity contribution in [2.75, 3.05) is 4.90 Å². The van der Waals surface area contributed by atoms with Crippen molar-refractivity contribution < 1.29 is 26.2 Å². The van der Waals surface area contributed by atoms with Crippen molar-refractivity contribution in [2.24, 2.45) is 0 Å². The Hall–Kier alpha value is -5.57. The summed E-state index contributed by atoms with van der Waals surface area (Å²) in [7, 11) is 0. The second kappa shape index (κ2) is 13.5. The van der Waals surface area contributed by atoms with Crippen molar-refractivity contribution in [1.82, 2.24) is 9.97 Å². The zero-order valence-electron chi connectivity index (χ0n) is 27.0. The Balaban J connectivity index is 0.00000378. The van der Waals surface area contributed by atoms with Crippen LogP contribution in [0.25, 0.3) is 55.2 Å². The first-order valence-electron chi connectivity index (χ1n) is 16.1. The van der Waals surface area contributed by atoms with Gasteiger partial charge >= 0.3 is 0 Å². The number of benzene rings is 6. The molecule has 8 rings (SSSR count). The van der Waals surface area contributed by atoms with Crippen LogP contribution in [0, 0.1) is 19.9 Å². The number of hydrogen-bond donors (Lipinski definition) is 1. The van der Waals surface area contributed by atoms with Crippen molar-refractivity contribution in [1.29, 1.82) is 0 Å². The minimum atomic E-state index is 0. The van der Waals surface area contributed by atoms with Crippen molar-refractivity contribution in [2.45, 2.75) is 13.8 Å². The molecule has 0 aliphatic carbocycles. The summed E-state index contributed by atoms with van der Waals surface area (Å²) in [4.78, 5) is 12.3. The predicted octanol–water partition coefficient (Wildman–Crippen LogP) is 11.4. The molecule has 2 aromatic heterocycles. The fourth-order valence-electron chi connectivity index (χ4n) is 6.54. The number of anilines is 3. The number of nitrogens with zero attached hydrogens (tertiary/aromatic N) is 3. The average Bonchev–Trinajstić information content (AvgIpc) is 3.14. The van der Waals surface area contributed by atoms with Gasteiger partial charge in [0.25, 0.3) is 0 Å². The molecule has 0 fully saturated rings. The zero-order valence-corrected chi connectivity index (χ0v) is 29.3. The minimum Gasteiger partial charge on any atom is -0.507 e. The molecule has 0 atom stereocenters. The summed E-state index contributed by atoms with van der Waals surface area (Å²) in [5.74, 6) is 1.07. The molecule has 2 heterocycles. The number of phenols is 1. The second-order valence-corrected chi connectivity index (χ2v) is 12.1. The fourth-order valence-corrected chi connectivity index (χ4v) is 6.54. The molecule has 0 saturated heterocycles. The van der Waals surface area contributed by atoms with Gasteiger partial charge in [-0.2, -0.15) is 0 Å². The van der Waals surface area contributed by atoms with Gasteiger partial charge in [-0.05, 0) is 82.5 Å². The molecule has 0 aliphatic rings. The number of phenolic OH excluding ortho intramolecular Hbond substituents is 1. The molecular weight excluding hydrogens is 782 g/mol. The van der Waals surface area contributed by atoms with Crippen LogP contribution in [0.3, 0.4) is 0 Å². The predicted molar refractivity (Wildman–Crippen MR) is 198 cm³/mol. The molecule has 0 bridgehead atoms. The van der Waals surface area contributed by atoms with Crippen LogP contribution in [0.5, 0.6) is 5.75 Å². The molecule has 1 N–H and O–H groups in total. The van der Waals surface area contributed by atoms with Crippen LogP contribution in [-0.4, -0.2) is 15.1 Å². The summed E-state index contributed by atoms with van der Waals surface area (Å²) in [6, 6.07) is 53.5. The van der Waals surface area contributed by atoms with E-state index in [9.17, 15) is 5.11 Å². The van der Waals surface area contributed by atoms with E-state index in [1.54, 1.807) is 0 Å². The van der Waals surface area contributed by atoms with Crippen molar-refractivity contribution in [3.8, 4) is 39.4 Å².